The van der Waals surface area contributed by atoms with Crippen molar-refractivity contribution in [1.29, 1.82) is 0 Å². The molecule has 0 spiro atoms. The molecule has 0 radical (unpaired) electrons. The van der Waals surface area contributed by atoms with E-state index in [1.54, 1.807) is 11.9 Å². The highest BCUT2D eigenvalue weighted by Crippen LogP contribution is 2.29. The summed E-state index contributed by atoms with van der Waals surface area (Å²) >= 11 is 0. The van der Waals surface area contributed by atoms with Crippen LogP contribution in [0.2, 0.25) is 0 Å². The fourth-order valence-corrected chi connectivity index (χ4v) is 5.18. The van der Waals surface area contributed by atoms with Crippen molar-refractivity contribution >= 4 is 15.9 Å². The van der Waals surface area contributed by atoms with Crippen LogP contribution in [0.15, 0.2) is 24.3 Å². The van der Waals surface area contributed by atoms with Crippen LogP contribution in [0, 0.1) is 0 Å². The van der Waals surface area contributed by atoms with Gasteiger partial charge in [-0.3, -0.25) is 0 Å². The molecule has 2 amide bonds. The normalized spacial score (nSPS) is 26.2. The predicted molar refractivity (Wildman–Crippen MR) is 85.5 cm³/mol. The molecule has 0 saturated carbocycles. The molecule has 0 unspecified atom stereocenters. The number of rotatable bonds is 2. The third-order valence-corrected chi connectivity index (χ3v) is 6.49. The third-order valence-electron chi connectivity index (χ3n) is 4.74. The van der Waals surface area contributed by atoms with Crippen LogP contribution in [-0.4, -0.2) is 43.9 Å². The number of sulfone groups is 1. The van der Waals surface area contributed by atoms with Crippen molar-refractivity contribution in [3.05, 3.63) is 35.4 Å². The van der Waals surface area contributed by atoms with Crippen LogP contribution in [0.25, 0.3) is 0 Å². The van der Waals surface area contributed by atoms with Gasteiger partial charge < -0.3 is 10.2 Å². The summed E-state index contributed by atoms with van der Waals surface area (Å²) in [6, 6.07) is 7.85. The minimum atomic E-state index is -2.98. The number of hydrogen-bond acceptors (Lipinski definition) is 3. The summed E-state index contributed by atoms with van der Waals surface area (Å²) in [5, 5.41) is 3.07. The van der Waals surface area contributed by atoms with E-state index >= 15 is 0 Å². The van der Waals surface area contributed by atoms with Gasteiger partial charge in [-0.05, 0) is 36.8 Å². The largest absolute Gasteiger partial charge is 0.331 e. The summed E-state index contributed by atoms with van der Waals surface area (Å²) in [5.74, 6) is 0.264. The molecule has 2 atom stereocenters. The second-order valence-corrected chi connectivity index (χ2v) is 8.49. The Kier molecular flexibility index (Phi) is 4.12. The van der Waals surface area contributed by atoms with E-state index in [-0.39, 0.29) is 29.6 Å². The lowest BCUT2D eigenvalue weighted by Gasteiger charge is -2.30. The molecule has 1 aromatic carbocycles. The van der Waals surface area contributed by atoms with Gasteiger partial charge in [0.25, 0.3) is 0 Å². The lowest BCUT2D eigenvalue weighted by atomic mass is 9.88. The number of urea groups is 1. The quantitative estimate of drug-likeness (QED) is 0.904. The maximum Gasteiger partial charge on any atom is 0.317 e. The summed E-state index contributed by atoms with van der Waals surface area (Å²) in [5.41, 5.74) is 2.49. The van der Waals surface area contributed by atoms with Gasteiger partial charge in [-0.25, -0.2) is 13.2 Å². The maximum absolute atomic E-state index is 12.4. The maximum atomic E-state index is 12.4. The van der Waals surface area contributed by atoms with Gasteiger partial charge in [0.2, 0.25) is 0 Å². The van der Waals surface area contributed by atoms with E-state index in [1.807, 2.05) is 12.1 Å². The highest BCUT2D eigenvalue weighted by atomic mass is 32.2. The molecule has 1 aliphatic carbocycles. The van der Waals surface area contributed by atoms with E-state index in [9.17, 15) is 13.2 Å². The van der Waals surface area contributed by atoms with Gasteiger partial charge in [0.05, 0.1) is 17.5 Å². The number of fused-ring (bicyclic) bond motifs is 1. The summed E-state index contributed by atoms with van der Waals surface area (Å²) < 4.78 is 23.1. The van der Waals surface area contributed by atoms with Crippen LogP contribution in [0.4, 0.5) is 4.79 Å². The Morgan fingerprint density at radius 3 is 2.77 bits per heavy atom. The Labute approximate surface area is 131 Å². The van der Waals surface area contributed by atoms with Crippen molar-refractivity contribution in [2.45, 2.75) is 37.8 Å². The van der Waals surface area contributed by atoms with E-state index in [2.05, 4.69) is 17.4 Å². The summed E-state index contributed by atoms with van der Waals surface area (Å²) in [6.07, 6.45) is 3.58. The Bertz CT molecular complexity index is 672. The molecule has 1 aromatic rings. The van der Waals surface area contributed by atoms with Crippen molar-refractivity contribution in [1.82, 2.24) is 10.2 Å². The highest BCUT2D eigenvalue weighted by molar-refractivity contribution is 7.91. The van der Waals surface area contributed by atoms with Crippen LogP contribution in [0.3, 0.4) is 0 Å². The first kappa shape index (κ1) is 15.3. The molecule has 0 aromatic heterocycles. The Balaban J connectivity index is 1.68. The zero-order valence-corrected chi connectivity index (χ0v) is 13.6. The first-order valence-electron chi connectivity index (χ1n) is 7.78. The highest BCUT2D eigenvalue weighted by Gasteiger charge is 2.33. The van der Waals surface area contributed by atoms with Crippen LogP contribution >= 0.6 is 0 Å². The number of amides is 2. The molecule has 1 saturated heterocycles. The van der Waals surface area contributed by atoms with Crippen LogP contribution in [-0.2, 0) is 16.3 Å². The Morgan fingerprint density at radius 1 is 1.27 bits per heavy atom. The lowest BCUT2D eigenvalue weighted by molar-refractivity contribution is 0.189. The van der Waals surface area contributed by atoms with E-state index in [1.165, 1.54) is 11.1 Å². The molecule has 3 rings (SSSR count). The zero-order chi connectivity index (χ0) is 15.7. The fourth-order valence-electron chi connectivity index (χ4n) is 3.40. The number of hydrogen-bond donors (Lipinski definition) is 1. The molecule has 22 heavy (non-hydrogen) atoms. The topological polar surface area (TPSA) is 66.5 Å². The standard InChI is InChI=1S/C16H22N2O3S/c1-18(13-9-10-22(20,21)11-13)16(19)17-15-8-4-6-12-5-2-3-7-14(12)15/h2-3,5,7,13,15H,4,6,8-11H2,1H3,(H,17,19)/t13-,15+/m0/s1. The van der Waals surface area contributed by atoms with Crippen LogP contribution < -0.4 is 5.32 Å². The van der Waals surface area contributed by atoms with Crippen molar-refractivity contribution in [2.75, 3.05) is 18.6 Å². The summed E-state index contributed by atoms with van der Waals surface area (Å²) in [6.45, 7) is 0. The van der Waals surface area contributed by atoms with Crippen molar-refractivity contribution in [2.24, 2.45) is 0 Å². The lowest BCUT2D eigenvalue weighted by Crippen LogP contribution is -2.45. The van der Waals surface area contributed by atoms with Crippen molar-refractivity contribution < 1.29 is 13.2 Å². The van der Waals surface area contributed by atoms with Crippen LogP contribution in [0.1, 0.15) is 36.4 Å². The molecule has 1 N–H and O–H groups in total. The molecule has 1 heterocycles. The first-order valence-corrected chi connectivity index (χ1v) is 9.60. The van der Waals surface area contributed by atoms with E-state index in [0.717, 1.165) is 19.3 Å². The second kappa shape index (κ2) is 5.91. The third kappa shape index (κ3) is 3.11. The van der Waals surface area contributed by atoms with Gasteiger partial charge >= 0.3 is 6.03 Å². The summed E-state index contributed by atoms with van der Waals surface area (Å²) in [7, 11) is -1.29. The number of nitrogens with one attached hydrogen (secondary N) is 1. The van der Waals surface area contributed by atoms with Gasteiger partial charge in [-0.2, -0.15) is 0 Å². The average Bonchev–Trinajstić information content (AvgIpc) is 2.87. The van der Waals surface area contributed by atoms with Gasteiger partial charge in [-0.15, -0.1) is 0 Å². The SMILES string of the molecule is CN(C(=O)N[C@@H]1CCCc2ccccc21)[C@H]1CCS(=O)(=O)C1. The minimum absolute atomic E-state index is 0.0258. The zero-order valence-electron chi connectivity index (χ0n) is 12.8. The van der Waals surface area contributed by atoms with E-state index < -0.39 is 9.84 Å². The monoisotopic (exact) mass is 322 g/mol. The predicted octanol–water partition coefficient (Wildman–Crippen LogP) is 1.89. The molecule has 5 nitrogen and oxygen atoms in total. The van der Waals surface area contributed by atoms with Crippen molar-refractivity contribution in [3.8, 4) is 0 Å². The van der Waals surface area contributed by atoms with Crippen molar-refractivity contribution in [3.63, 3.8) is 0 Å². The van der Waals surface area contributed by atoms with E-state index in [0.29, 0.717) is 6.42 Å². The van der Waals surface area contributed by atoms with Gasteiger partial charge in [0.15, 0.2) is 9.84 Å². The average molecular weight is 322 g/mol. The summed E-state index contributed by atoms with van der Waals surface area (Å²) in [4.78, 5) is 14.0. The molecule has 1 fully saturated rings. The molecule has 0 bridgehead atoms. The fraction of sp³-hybridized carbons (Fsp3) is 0.562. The number of carbonyl (C=O) groups excluding carboxylic acids is 1. The van der Waals surface area contributed by atoms with Gasteiger partial charge in [-0.1, -0.05) is 24.3 Å². The smallest absolute Gasteiger partial charge is 0.317 e. The second-order valence-electron chi connectivity index (χ2n) is 6.26. The molecule has 120 valence electrons. The molecule has 2 aliphatic rings. The minimum Gasteiger partial charge on any atom is -0.331 e. The number of carbonyl (C=O) groups is 1. The Hall–Kier alpha value is -1.56. The molecule has 1 aliphatic heterocycles. The van der Waals surface area contributed by atoms with Gasteiger partial charge in [0.1, 0.15) is 0 Å². The number of nitrogens with zero attached hydrogens (tertiary/aromatic N) is 1. The number of aryl methyl sites for hydroxylation is 1. The van der Waals surface area contributed by atoms with Crippen LogP contribution in [0.5, 0.6) is 0 Å². The number of benzene rings is 1. The molecular formula is C16H22N2O3S. The van der Waals surface area contributed by atoms with E-state index in [4.69, 9.17) is 0 Å². The Morgan fingerprint density at radius 2 is 2.05 bits per heavy atom. The first-order chi connectivity index (χ1) is 10.5. The van der Waals surface area contributed by atoms with Gasteiger partial charge in [0, 0.05) is 13.1 Å². The molecule has 6 heteroatoms. The molecular weight excluding hydrogens is 300 g/mol.